The van der Waals surface area contributed by atoms with Crippen molar-refractivity contribution in [3.8, 4) is 23.0 Å². The number of hydrogen-bond donors (Lipinski definition) is 2. The van der Waals surface area contributed by atoms with Crippen LogP contribution in [0.5, 0.6) is 23.0 Å². The van der Waals surface area contributed by atoms with Crippen LogP contribution in [0.25, 0.3) is 0 Å². The Bertz CT molecular complexity index is 1500. The average molecular weight is 593 g/mol. The van der Waals surface area contributed by atoms with Crippen LogP contribution >= 0.6 is 0 Å². The number of phenolic OH excluding ortho intramolecular Hbond substituents is 2. The fourth-order valence-corrected chi connectivity index (χ4v) is 5.90. The molecule has 0 aromatic heterocycles. The normalized spacial score (nSPS) is 12.5. The van der Waals surface area contributed by atoms with Crippen LogP contribution < -0.4 is 9.47 Å². The van der Waals surface area contributed by atoms with Gasteiger partial charge in [-0.15, -0.1) is 0 Å². The molecule has 4 aromatic carbocycles. The molecule has 0 atom stereocenters. The first-order valence-electron chi connectivity index (χ1n) is 15.4. The van der Waals surface area contributed by atoms with E-state index in [0.29, 0.717) is 83.8 Å². The molecule has 1 aliphatic rings. The van der Waals surface area contributed by atoms with Gasteiger partial charge in [-0.25, -0.2) is 0 Å². The summed E-state index contributed by atoms with van der Waals surface area (Å²) in [4.78, 5) is 25.3. The van der Waals surface area contributed by atoms with Gasteiger partial charge in [0.2, 0.25) is 0 Å². The van der Waals surface area contributed by atoms with Crippen molar-refractivity contribution in [2.24, 2.45) is 0 Å². The van der Waals surface area contributed by atoms with Crippen LogP contribution in [0.4, 0.5) is 0 Å². The average Bonchev–Trinajstić information content (AvgIpc) is 2.99. The molecular formula is C38H40O6. The van der Waals surface area contributed by atoms with E-state index in [1.807, 2.05) is 50.2 Å². The van der Waals surface area contributed by atoms with Crippen molar-refractivity contribution in [1.82, 2.24) is 0 Å². The van der Waals surface area contributed by atoms with Crippen molar-refractivity contribution >= 4 is 11.6 Å². The highest BCUT2D eigenvalue weighted by atomic mass is 16.5. The largest absolute Gasteiger partial charge is 0.507 e. The summed E-state index contributed by atoms with van der Waals surface area (Å²) in [6.45, 7) is 8.14. The predicted octanol–water partition coefficient (Wildman–Crippen LogP) is 7.76. The lowest BCUT2D eigenvalue weighted by Gasteiger charge is -2.21. The lowest BCUT2D eigenvalue weighted by molar-refractivity contribution is 0.100. The highest BCUT2D eigenvalue weighted by molar-refractivity contribution is 5.95. The lowest BCUT2D eigenvalue weighted by atomic mass is 9.89. The van der Waals surface area contributed by atoms with Crippen molar-refractivity contribution in [3.05, 3.63) is 116 Å². The van der Waals surface area contributed by atoms with Gasteiger partial charge in [0.05, 0.1) is 13.2 Å². The first-order valence-corrected chi connectivity index (χ1v) is 15.4. The van der Waals surface area contributed by atoms with Crippen molar-refractivity contribution < 1.29 is 29.3 Å². The molecule has 2 N–H and O–H groups in total. The number of aromatic hydroxyl groups is 2. The number of fused-ring (bicyclic) bond motifs is 8. The summed E-state index contributed by atoms with van der Waals surface area (Å²) < 4.78 is 12.6. The molecule has 4 aromatic rings. The van der Waals surface area contributed by atoms with Crippen LogP contribution in [0.3, 0.4) is 0 Å². The standard InChI is InChI=1S/C38H40O6/c1-5-13-43-37-25-9-7-10-26(37)16-32-20-30(24(4)40)22-34(36(32)42)18-28-12-8-11-27(38(28)44-14-6-2)17-33-21-29(23(3)39)19-31(15-25)35(33)41/h7-12,19-22,41-42H,5-6,13-18H2,1-4H3. The smallest absolute Gasteiger partial charge is 0.159 e. The monoisotopic (exact) mass is 592 g/mol. The molecule has 6 heteroatoms. The van der Waals surface area contributed by atoms with E-state index in [-0.39, 0.29) is 23.1 Å². The number of carbonyl (C=O) groups excluding carboxylic acids is 2. The maximum atomic E-state index is 12.7. The summed E-state index contributed by atoms with van der Waals surface area (Å²) in [6, 6.07) is 18.8. The first kappa shape index (κ1) is 30.9. The minimum atomic E-state index is -0.0791. The van der Waals surface area contributed by atoms with E-state index in [2.05, 4.69) is 0 Å². The van der Waals surface area contributed by atoms with Gasteiger partial charge < -0.3 is 19.7 Å². The number of hydrogen-bond acceptors (Lipinski definition) is 6. The number of ketones is 2. The van der Waals surface area contributed by atoms with Gasteiger partial charge in [0, 0.05) is 36.8 Å². The van der Waals surface area contributed by atoms with Crippen molar-refractivity contribution in [2.75, 3.05) is 13.2 Å². The van der Waals surface area contributed by atoms with E-state index in [0.717, 1.165) is 35.1 Å². The number of benzene rings is 4. The fraction of sp³-hybridized carbons (Fsp3) is 0.316. The molecule has 0 fully saturated rings. The van der Waals surface area contributed by atoms with Gasteiger partial charge in [-0.1, -0.05) is 50.2 Å². The molecule has 8 bridgehead atoms. The summed E-state index contributed by atoms with van der Waals surface area (Å²) in [6.07, 6.45) is 2.98. The summed E-state index contributed by atoms with van der Waals surface area (Å²) in [5, 5.41) is 23.3. The lowest BCUT2D eigenvalue weighted by Crippen LogP contribution is -2.08. The van der Waals surface area contributed by atoms with Gasteiger partial charge in [0.1, 0.15) is 23.0 Å². The van der Waals surface area contributed by atoms with E-state index in [9.17, 15) is 19.8 Å². The van der Waals surface area contributed by atoms with E-state index in [4.69, 9.17) is 9.47 Å². The Balaban J connectivity index is 1.80. The van der Waals surface area contributed by atoms with Crippen LogP contribution in [0.15, 0.2) is 60.7 Å². The highest BCUT2D eigenvalue weighted by Crippen LogP contribution is 2.39. The SMILES string of the molecule is CCCOc1c2cccc1Cc1cc(C(C)=O)cc(c1O)Cc1cccc(c1OCCC)Cc1cc(C(C)=O)cc(c1O)C2. The number of rotatable bonds is 8. The van der Waals surface area contributed by atoms with Crippen molar-refractivity contribution in [2.45, 2.75) is 66.2 Å². The van der Waals surface area contributed by atoms with Gasteiger partial charge in [-0.05, 0) is 95.5 Å². The third-order valence-electron chi connectivity index (χ3n) is 8.13. The molecule has 0 amide bonds. The zero-order valence-corrected chi connectivity index (χ0v) is 26.0. The fourth-order valence-electron chi connectivity index (χ4n) is 5.90. The Morgan fingerprint density at radius 1 is 0.568 bits per heavy atom. The summed E-state index contributed by atoms with van der Waals surface area (Å²) >= 11 is 0. The Morgan fingerprint density at radius 2 is 0.864 bits per heavy atom. The van der Waals surface area contributed by atoms with Crippen LogP contribution in [-0.4, -0.2) is 35.0 Å². The third kappa shape index (κ3) is 6.49. The van der Waals surface area contributed by atoms with Gasteiger partial charge in [0.25, 0.3) is 0 Å². The van der Waals surface area contributed by atoms with Crippen LogP contribution in [0.2, 0.25) is 0 Å². The number of carbonyl (C=O) groups is 2. The molecule has 0 saturated carbocycles. The van der Waals surface area contributed by atoms with Gasteiger partial charge in [0.15, 0.2) is 11.6 Å². The van der Waals surface area contributed by atoms with Crippen LogP contribution in [0.1, 0.15) is 106 Å². The maximum absolute atomic E-state index is 12.7. The highest BCUT2D eigenvalue weighted by Gasteiger charge is 2.22. The first-order chi connectivity index (χ1) is 21.2. The zero-order valence-electron chi connectivity index (χ0n) is 26.0. The van der Waals surface area contributed by atoms with Crippen LogP contribution in [-0.2, 0) is 25.7 Å². The van der Waals surface area contributed by atoms with Crippen molar-refractivity contribution in [3.63, 3.8) is 0 Å². The molecule has 0 radical (unpaired) electrons. The van der Waals surface area contributed by atoms with Gasteiger partial charge in [-0.2, -0.15) is 0 Å². The molecule has 1 aliphatic carbocycles. The minimum Gasteiger partial charge on any atom is -0.507 e. The second-order valence-electron chi connectivity index (χ2n) is 11.6. The molecule has 44 heavy (non-hydrogen) atoms. The molecule has 0 spiro atoms. The van der Waals surface area contributed by atoms with Gasteiger partial charge >= 0.3 is 0 Å². The molecule has 6 nitrogen and oxygen atoms in total. The second-order valence-corrected chi connectivity index (χ2v) is 11.6. The number of para-hydroxylation sites is 2. The molecule has 0 heterocycles. The number of phenols is 2. The quantitative estimate of drug-likeness (QED) is 0.179. The molecule has 0 unspecified atom stereocenters. The predicted molar refractivity (Wildman–Crippen MR) is 172 cm³/mol. The maximum Gasteiger partial charge on any atom is 0.159 e. The second kappa shape index (κ2) is 13.4. The number of Topliss-reactive ketones (excluding diaryl/α,β-unsaturated/α-hetero) is 2. The Labute approximate surface area is 259 Å². The molecule has 5 rings (SSSR count). The number of ether oxygens (including phenoxy) is 2. The summed E-state index contributed by atoms with van der Waals surface area (Å²) in [5.74, 6) is 1.51. The Hall–Kier alpha value is -4.58. The van der Waals surface area contributed by atoms with E-state index in [1.54, 1.807) is 24.3 Å². The summed E-state index contributed by atoms with van der Waals surface area (Å²) in [5.41, 5.74) is 7.05. The zero-order chi connectivity index (χ0) is 31.4. The van der Waals surface area contributed by atoms with E-state index < -0.39 is 0 Å². The van der Waals surface area contributed by atoms with Gasteiger partial charge in [-0.3, -0.25) is 9.59 Å². The topological polar surface area (TPSA) is 93.1 Å². The molecule has 228 valence electrons. The van der Waals surface area contributed by atoms with E-state index in [1.165, 1.54) is 13.8 Å². The summed E-state index contributed by atoms with van der Waals surface area (Å²) in [7, 11) is 0. The van der Waals surface area contributed by atoms with Crippen molar-refractivity contribution in [1.29, 1.82) is 0 Å². The molecule has 0 saturated heterocycles. The van der Waals surface area contributed by atoms with E-state index >= 15 is 0 Å². The third-order valence-corrected chi connectivity index (χ3v) is 8.13. The minimum absolute atomic E-state index is 0.0791. The Kier molecular flexibility index (Phi) is 9.38. The molecule has 0 aliphatic heterocycles. The molecular weight excluding hydrogens is 552 g/mol. The van der Waals surface area contributed by atoms with Crippen LogP contribution in [0, 0.1) is 0 Å². The Morgan fingerprint density at radius 3 is 1.11 bits per heavy atom.